The van der Waals surface area contributed by atoms with Gasteiger partial charge in [0.25, 0.3) is 0 Å². The van der Waals surface area contributed by atoms with Gasteiger partial charge in [0.1, 0.15) is 12.4 Å². The van der Waals surface area contributed by atoms with E-state index in [4.69, 9.17) is 0 Å². The highest BCUT2D eigenvalue weighted by molar-refractivity contribution is 6.04. The number of aromatic amines is 1. The molecule has 1 aromatic carbocycles. The van der Waals surface area contributed by atoms with Crippen LogP contribution >= 0.6 is 0 Å². The Hall–Kier alpha value is -2.70. The quantitative estimate of drug-likeness (QED) is 0.792. The zero-order valence-electron chi connectivity index (χ0n) is 11.3. The van der Waals surface area contributed by atoms with Crippen molar-refractivity contribution >= 4 is 28.8 Å². The minimum atomic E-state index is -0.376. The van der Waals surface area contributed by atoms with Gasteiger partial charge >= 0.3 is 0 Å². The van der Waals surface area contributed by atoms with Gasteiger partial charge in [-0.15, -0.1) is 0 Å². The average molecular weight is 286 g/mol. The van der Waals surface area contributed by atoms with Crippen molar-refractivity contribution in [2.45, 2.75) is 19.4 Å². The van der Waals surface area contributed by atoms with Gasteiger partial charge in [0.15, 0.2) is 0 Å². The van der Waals surface area contributed by atoms with E-state index in [9.17, 15) is 14.4 Å². The van der Waals surface area contributed by atoms with Crippen LogP contribution in [0.5, 0.6) is 0 Å². The number of benzene rings is 1. The number of fused-ring (bicyclic) bond motifs is 1. The molecule has 3 rings (SSSR count). The maximum absolute atomic E-state index is 11.8. The molecule has 3 amide bonds. The van der Waals surface area contributed by atoms with Crippen molar-refractivity contribution in [1.82, 2.24) is 20.2 Å². The first-order valence-corrected chi connectivity index (χ1v) is 6.67. The first-order valence-electron chi connectivity index (χ1n) is 6.67. The van der Waals surface area contributed by atoms with Crippen molar-refractivity contribution in [1.29, 1.82) is 0 Å². The van der Waals surface area contributed by atoms with E-state index < -0.39 is 0 Å². The minimum Gasteiger partial charge on any atom is -0.347 e. The van der Waals surface area contributed by atoms with Gasteiger partial charge in [0, 0.05) is 12.8 Å². The fraction of sp³-hybridized carbons (Fsp3) is 0.286. The number of rotatable bonds is 4. The van der Waals surface area contributed by atoms with Crippen LogP contribution in [0.25, 0.3) is 11.0 Å². The summed E-state index contributed by atoms with van der Waals surface area (Å²) in [6.45, 7) is 0.00162. The van der Waals surface area contributed by atoms with Crippen LogP contribution < -0.4 is 5.32 Å². The second kappa shape index (κ2) is 5.35. The van der Waals surface area contributed by atoms with Gasteiger partial charge in [-0.25, -0.2) is 4.98 Å². The highest BCUT2D eigenvalue weighted by Gasteiger charge is 2.30. The Morgan fingerprint density at radius 3 is 2.67 bits per heavy atom. The number of hydrogen-bond acceptors (Lipinski definition) is 4. The van der Waals surface area contributed by atoms with Gasteiger partial charge in [0.05, 0.1) is 17.6 Å². The molecule has 1 aliphatic heterocycles. The van der Waals surface area contributed by atoms with E-state index in [1.165, 1.54) is 0 Å². The lowest BCUT2D eigenvalue weighted by Crippen LogP contribution is -2.39. The summed E-state index contributed by atoms with van der Waals surface area (Å²) < 4.78 is 0. The number of carbonyl (C=O) groups is 3. The lowest BCUT2D eigenvalue weighted by Gasteiger charge is -2.12. The smallest absolute Gasteiger partial charge is 0.240 e. The van der Waals surface area contributed by atoms with E-state index in [2.05, 4.69) is 15.3 Å². The number of amides is 3. The number of para-hydroxylation sites is 2. The third kappa shape index (κ3) is 2.76. The molecule has 1 fully saturated rings. The van der Waals surface area contributed by atoms with Crippen LogP contribution in [0.2, 0.25) is 0 Å². The normalized spacial score (nSPS) is 15.0. The number of H-pyrrole nitrogens is 1. The summed E-state index contributed by atoms with van der Waals surface area (Å²) in [5, 5.41) is 2.65. The van der Waals surface area contributed by atoms with Crippen molar-refractivity contribution in [2.24, 2.45) is 0 Å². The van der Waals surface area contributed by atoms with Crippen LogP contribution in [0.15, 0.2) is 24.3 Å². The Morgan fingerprint density at radius 2 is 1.95 bits per heavy atom. The van der Waals surface area contributed by atoms with E-state index in [1.54, 1.807) is 0 Å². The average Bonchev–Trinajstić information content (AvgIpc) is 3.03. The molecule has 7 nitrogen and oxygen atoms in total. The molecule has 21 heavy (non-hydrogen) atoms. The Labute approximate surface area is 120 Å². The fourth-order valence-electron chi connectivity index (χ4n) is 2.27. The lowest BCUT2D eigenvalue weighted by molar-refractivity contribution is -0.142. The number of imide groups is 1. The second-order valence-corrected chi connectivity index (χ2v) is 4.85. The van der Waals surface area contributed by atoms with Crippen LogP contribution in [-0.4, -0.2) is 39.1 Å². The summed E-state index contributed by atoms with van der Waals surface area (Å²) in [4.78, 5) is 43.0. The maximum atomic E-state index is 11.8. The second-order valence-electron chi connectivity index (χ2n) is 4.85. The summed E-state index contributed by atoms with van der Waals surface area (Å²) in [5.41, 5.74) is 1.72. The number of hydrogen-bond donors (Lipinski definition) is 2. The maximum Gasteiger partial charge on any atom is 0.240 e. The summed E-state index contributed by atoms with van der Waals surface area (Å²) in [6, 6.07) is 7.55. The molecular formula is C14H14N4O3. The third-order valence-electron chi connectivity index (χ3n) is 3.35. The van der Waals surface area contributed by atoms with Crippen LogP contribution in [0.3, 0.4) is 0 Å². The van der Waals surface area contributed by atoms with E-state index >= 15 is 0 Å². The number of nitrogens with one attached hydrogen (secondary N) is 2. The van der Waals surface area contributed by atoms with Gasteiger partial charge in [0.2, 0.25) is 17.7 Å². The van der Waals surface area contributed by atoms with Crippen LogP contribution in [-0.2, 0) is 20.9 Å². The summed E-state index contributed by atoms with van der Waals surface area (Å²) in [6.07, 6.45) is 0.380. The van der Waals surface area contributed by atoms with Crippen molar-refractivity contribution in [3.63, 3.8) is 0 Å². The molecule has 2 heterocycles. The van der Waals surface area contributed by atoms with Gasteiger partial charge in [-0.1, -0.05) is 12.1 Å². The molecule has 7 heteroatoms. The molecule has 2 N–H and O–H groups in total. The Morgan fingerprint density at radius 1 is 1.24 bits per heavy atom. The molecule has 0 aliphatic carbocycles. The minimum absolute atomic E-state index is 0.190. The van der Waals surface area contributed by atoms with Gasteiger partial charge < -0.3 is 10.3 Å². The van der Waals surface area contributed by atoms with E-state index in [0.29, 0.717) is 5.82 Å². The molecule has 108 valence electrons. The van der Waals surface area contributed by atoms with E-state index in [0.717, 1.165) is 15.9 Å². The van der Waals surface area contributed by atoms with Crippen LogP contribution in [0, 0.1) is 0 Å². The van der Waals surface area contributed by atoms with Crippen LogP contribution in [0.1, 0.15) is 18.7 Å². The zero-order chi connectivity index (χ0) is 14.8. The molecule has 0 radical (unpaired) electrons. The summed E-state index contributed by atoms with van der Waals surface area (Å²) in [7, 11) is 0. The predicted octanol–water partition coefficient (Wildman–Crippen LogP) is 0.328. The third-order valence-corrected chi connectivity index (χ3v) is 3.35. The Balaban J connectivity index is 1.58. The zero-order valence-corrected chi connectivity index (χ0v) is 11.3. The summed E-state index contributed by atoms with van der Waals surface area (Å²) >= 11 is 0. The van der Waals surface area contributed by atoms with Gasteiger partial charge in [-0.2, -0.15) is 0 Å². The highest BCUT2D eigenvalue weighted by atomic mass is 16.2. The van der Waals surface area contributed by atoms with Crippen molar-refractivity contribution < 1.29 is 14.4 Å². The summed E-state index contributed by atoms with van der Waals surface area (Å²) in [5.74, 6) is -0.333. The number of nitrogens with zero attached hydrogens (tertiary/aromatic N) is 2. The SMILES string of the molecule is O=C(CN1C(=O)CCC1=O)NCc1nc2ccccc2[nH]1. The lowest BCUT2D eigenvalue weighted by atomic mass is 10.3. The molecule has 0 unspecified atom stereocenters. The molecule has 1 saturated heterocycles. The molecule has 0 atom stereocenters. The molecule has 2 aromatic rings. The largest absolute Gasteiger partial charge is 0.347 e. The monoisotopic (exact) mass is 286 g/mol. The molecule has 0 spiro atoms. The molecule has 0 bridgehead atoms. The van der Waals surface area contributed by atoms with Crippen molar-refractivity contribution in [2.75, 3.05) is 6.54 Å². The number of likely N-dealkylation sites (tertiary alicyclic amines) is 1. The number of imidazole rings is 1. The van der Waals surface area contributed by atoms with Crippen molar-refractivity contribution in [3.8, 4) is 0 Å². The Kier molecular flexibility index (Phi) is 3.39. The molecule has 1 aliphatic rings. The topological polar surface area (TPSA) is 95.2 Å². The van der Waals surface area contributed by atoms with E-state index in [1.807, 2.05) is 24.3 Å². The highest BCUT2D eigenvalue weighted by Crippen LogP contribution is 2.11. The Bertz CT molecular complexity index is 673. The van der Waals surface area contributed by atoms with Gasteiger partial charge in [-0.3, -0.25) is 19.3 Å². The van der Waals surface area contributed by atoms with Gasteiger partial charge in [-0.05, 0) is 12.1 Å². The molecular weight excluding hydrogens is 272 g/mol. The molecule has 0 saturated carbocycles. The predicted molar refractivity (Wildman–Crippen MR) is 73.9 cm³/mol. The first-order chi connectivity index (χ1) is 10.1. The first kappa shape index (κ1) is 13.3. The fourth-order valence-corrected chi connectivity index (χ4v) is 2.27. The number of aromatic nitrogens is 2. The standard InChI is InChI=1S/C14H14N4O3/c19-12(8-18-13(20)5-6-14(18)21)15-7-11-16-9-3-1-2-4-10(9)17-11/h1-4H,5-8H2,(H,15,19)(H,16,17). The van der Waals surface area contributed by atoms with Crippen LogP contribution in [0.4, 0.5) is 0 Å². The van der Waals surface area contributed by atoms with E-state index in [-0.39, 0.29) is 43.7 Å². The number of carbonyl (C=O) groups excluding carboxylic acids is 3. The van der Waals surface area contributed by atoms with Crippen molar-refractivity contribution in [3.05, 3.63) is 30.1 Å². The molecule has 1 aromatic heterocycles.